The molecule has 1 heterocycles. The molecular formula is C16H26N2. The van der Waals surface area contributed by atoms with E-state index in [1.54, 1.807) is 0 Å². The van der Waals surface area contributed by atoms with Crippen LogP contribution in [0.3, 0.4) is 0 Å². The van der Waals surface area contributed by atoms with Crippen molar-refractivity contribution < 1.29 is 0 Å². The van der Waals surface area contributed by atoms with Gasteiger partial charge in [-0.05, 0) is 32.0 Å². The van der Waals surface area contributed by atoms with Gasteiger partial charge in [-0.25, -0.2) is 0 Å². The Hall–Kier alpha value is -0.860. The Balaban J connectivity index is 1.96. The van der Waals surface area contributed by atoms with Gasteiger partial charge in [0, 0.05) is 25.2 Å². The standard InChI is InChI=1S/C16H26N2/c1-4-18(5-2)16(3)11-12-17(14-16)13-15-9-7-6-8-10-15/h6-10H,4-5,11-14H2,1-3H3. The van der Waals surface area contributed by atoms with Crippen molar-refractivity contribution in [2.75, 3.05) is 26.2 Å². The van der Waals surface area contributed by atoms with E-state index < -0.39 is 0 Å². The molecule has 1 aromatic rings. The van der Waals surface area contributed by atoms with E-state index in [1.165, 1.54) is 25.1 Å². The van der Waals surface area contributed by atoms with E-state index >= 15 is 0 Å². The third-order valence-corrected chi connectivity index (χ3v) is 4.31. The number of nitrogens with zero attached hydrogens (tertiary/aromatic N) is 2. The molecular weight excluding hydrogens is 220 g/mol. The summed E-state index contributed by atoms with van der Waals surface area (Å²) in [6.07, 6.45) is 1.29. The molecule has 0 amide bonds. The van der Waals surface area contributed by atoms with Crippen LogP contribution >= 0.6 is 0 Å². The molecule has 0 aromatic heterocycles. The van der Waals surface area contributed by atoms with Crippen LogP contribution in [-0.4, -0.2) is 41.5 Å². The molecule has 2 nitrogen and oxygen atoms in total. The maximum Gasteiger partial charge on any atom is 0.0320 e. The number of hydrogen-bond donors (Lipinski definition) is 0. The molecule has 1 fully saturated rings. The highest BCUT2D eigenvalue weighted by Crippen LogP contribution is 2.28. The minimum atomic E-state index is 0.373. The molecule has 1 saturated heterocycles. The zero-order valence-corrected chi connectivity index (χ0v) is 12.0. The van der Waals surface area contributed by atoms with Crippen LogP contribution in [0.5, 0.6) is 0 Å². The van der Waals surface area contributed by atoms with Gasteiger partial charge < -0.3 is 0 Å². The Morgan fingerprint density at radius 1 is 1.17 bits per heavy atom. The van der Waals surface area contributed by atoms with Gasteiger partial charge in [-0.3, -0.25) is 9.80 Å². The lowest BCUT2D eigenvalue weighted by atomic mass is 9.99. The fraction of sp³-hybridized carbons (Fsp3) is 0.625. The lowest BCUT2D eigenvalue weighted by Crippen LogP contribution is -2.48. The summed E-state index contributed by atoms with van der Waals surface area (Å²) in [6.45, 7) is 12.8. The summed E-state index contributed by atoms with van der Waals surface area (Å²) >= 11 is 0. The minimum absolute atomic E-state index is 0.373. The lowest BCUT2D eigenvalue weighted by Gasteiger charge is -2.37. The second kappa shape index (κ2) is 5.85. The highest BCUT2D eigenvalue weighted by Gasteiger charge is 2.37. The summed E-state index contributed by atoms with van der Waals surface area (Å²) in [4.78, 5) is 5.20. The quantitative estimate of drug-likeness (QED) is 0.788. The summed E-state index contributed by atoms with van der Waals surface area (Å²) in [6, 6.07) is 10.8. The monoisotopic (exact) mass is 246 g/mol. The largest absolute Gasteiger partial charge is 0.297 e. The van der Waals surface area contributed by atoms with Crippen molar-refractivity contribution in [3.05, 3.63) is 35.9 Å². The topological polar surface area (TPSA) is 6.48 Å². The van der Waals surface area contributed by atoms with Gasteiger partial charge in [0.2, 0.25) is 0 Å². The SMILES string of the molecule is CCN(CC)C1(C)CCN(Cc2ccccc2)C1. The molecule has 0 radical (unpaired) electrons. The zero-order chi connectivity index (χ0) is 13.0. The maximum atomic E-state index is 2.61. The van der Waals surface area contributed by atoms with Gasteiger partial charge in [0.15, 0.2) is 0 Å². The Morgan fingerprint density at radius 3 is 2.44 bits per heavy atom. The molecule has 100 valence electrons. The number of rotatable bonds is 5. The lowest BCUT2D eigenvalue weighted by molar-refractivity contribution is 0.120. The van der Waals surface area contributed by atoms with E-state index in [2.05, 4.69) is 60.9 Å². The van der Waals surface area contributed by atoms with Crippen LogP contribution in [0.15, 0.2) is 30.3 Å². The van der Waals surface area contributed by atoms with Crippen LogP contribution in [0.1, 0.15) is 32.8 Å². The molecule has 0 saturated carbocycles. The summed E-state index contributed by atoms with van der Waals surface area (Å²) in [5, 5.41) is 0. The zero-order valence-electron chi connectivity index (χ0n) is 12.0. The Kier molecular flexibility index (Phi) is 4.41. The van der Waals surface area contributed by atoms with E-state index in [0.717, 1.165) is 19.6 Å². The van der Waals surface area contributed by atoms with Crippen LogP contribution in [0.4, 0.5) is 0 Å². The first-order valence-corrected chi connectivity index (χ1v) is 7.19. The van der Waals surface area contributed by atoms with Gasteiger partial charge in [0.25, 0.3) is 0 Å². The second-order valence-corrected chi connectivity index (χ2v) is 5.62. The minimum Gasteiger partial charge on any atom is -0.297 e. The van der Waals surface area contributed by atoms with Crippen LogP contribution in [-0.2, 0) is 6.54 Å². The van der Waals surface area contributed by atoms with E-state index in [4.69, 9.17) is 0 Å². The first-order valence-electron chi connectivity index (χ1n) is 7.19. The highest BCUT2D eigenvalue weighted by molar-refractivity contribution is 5.15. The molecule has 1 atom stereocenters. The second-order valence-electron chi connectivity index (χ2n) is 5.62. The first kappa shape index (κ1) is 13.6. The van der Waals surface area contributed by atoms with E-state index in [9.17, 15) is 0 Å². The summed E-state index contributed by atoms with van der Waals surface area (Å²) in [5.41, 5.74) is 1.81. The van der Waals surface area contributed by atoms with Crippen molar-refractivity contribution in [2.45, 2.75) is 39.3 Å². The Bertz CT molecular complexity index is 359. The van der Waals surface area contributed by atoms with Gasteiger partial charge in [-0.2, -0.15) is 0 Å². The number of likely N-dealkylation sites (N-methyl/N-ethyl adjacent to an activating group) is 1. The molecule has 0 N–H and O–H groups in total. The van der Waals surface area contributed by atoms with E-state index in [1.807, 2.05) is 0 Å². The molecule has 1 aliphatic rings. The first-order chi connectivity index (χ1) is 8.68. The predicted octanol–water partition coefficient (Wildman–Crippen LogP) is 2.99. The summed E-state index contributed by atoms with van der Waals surface area (Å²) in [7, 11) is 0. The molecule has 1 aromatic carbocycles. The van der Waals surface area contributed by atoms with Gasteiger partial charge in [0.1, 0.15) is 0 Å². The molecule has 0 aliphatic carbocycles. The molecule has 18 heavy (non-hydrogen) atoms. The van der Waals surface area contributed by atoms with Gasteiger partial charge in [0.05, 0.1) is 0 Å². The maximum absolute atomic E-state index is 2.61. The highest BCUT2D eigenvalue weighted by atomic mass is 15.3. The van der Waals surface area contributed by atoms with Crippen molar-refractivity contribution in [3.8, 4) is 0 Å². The van der Waals surface area contributed by atoms with Crippen LogP contribution < -0.4 is 0 Å². The number of hydrogen-bond acceptors (Lipinski definition) is 2. The van der Waals surface area contributed by atoms with Crippen molar-refractivity contribution in [2.24, 2.45) is 0 Å². The van der Waals surface area contributed by atoms with Crippen molar-refractivity contribution in [1.82, 2.24) is 9.80 Å². The van der Waals surface area contributed by atoms with E-state index in [-0.39, 0.29) is 0 Å². The fourth-order valence-electron chi connectivity index (χ4n) is 3.26. The van der Waals surface area contributed by atoms with Gasteiger partial charge in [-0.15, -0.1) is 0 Å². The molecule has 2 heteroatoms. The van der Waals surface area contributed by atoms with E-state index in [0.29, 0.717) is 5.54 Å². The van der Waals surface area contributed by atoms with Crippen LogP contribution in [0.25, 0.3) is 0 Å². The number of benzene rings is 1. The number of likely N-dealkylation sites (tertiary alicyclic amines) is 1. The molecule has 2 rings (SSSR count). The summed E-state index contributed by atoms with van der Waals surface area (Å²) < 4.78 is 0. The fourth-order valence-corrected chi connectivity index (χ4v) is 3.26. The Morgan fingerprint density at radius 2 is 1.83 bits per heavy atom. The molecule has 1 unspecified atom stereocenters. The third-order valence-electron chi connectivity index (χ3n) is 4.31. The van der Waals surface area contributed by atoms with Gasteiger partial charge >= 0.3 is 0 Å². The smallest absolute Gasteiger partial charge is 0.0320 e. The van der Waals surface area contributed by atoms with Crippen LogP contribution in [0, 0.1) is 0 Å². The van der Waals surface area contributed by atoms with Crippen molar-refractivity contribution in [3.63, 3.8) is 0 Å². The van der Waals surface area contributed by atoms with Gasteiger partial charge in [-0.1, -0.05) is 44.2 Å². The Labute approximate surface area is 112 Å². The van der Waals surface area contributed by atoms with Crippen molar-refractivity contribution in [1.29, 1.82) is 0 Å². The molecule has 0 bridgehead atoms. The predicted molar refractivity (Wildman–Crippen MR) is 77.7 cm³/mol. The summed E-state index contributed by atoms with van der Waals surface area (Å²) in [5.74, 6) is 0. The average molecular weight is 246 g/mol. The molecule has 1 aliphatic heterocycles. The molecule has 0 spiro atoms. The van der Waals surface area contributed by atoms with Crippen molar-refractivity contribution >= 4 is 0 Å². The van der Waals surface area contributed by atoms with Crippen LogP contribution in [0.2, 0.25) is 0 Å². The average Bonchev–Trinajstić information content (AvgIpc) is 2.74. The normalized spacial score (nSPS) is 24.9. The third kappa shape index (κ3) is 2.93.